The molecule has 3 aliphatic rings. The minimum Gasteiger partial charge on any atom is -0.347 e. The maximum absolute atomic E-state index is 13.0. The lowest BCUT2D eigenvalue weighted by molar-refractivity contribution is -0.181. The van der Waals surface area contributed by atoms with Crippen LogP contribution in [-0.2, 0) is 15.9 Å². The molecule has 27 heavy (non-hydrogen) atoms. The second-order valence-corrected chi connectivity index (χ2v) is 7.19. The van der Waals surface area contributed by atoms with Gasteiger partial charge in [-0.2, -0.15) is 0 Å². The zero-order valence-electron chi connectivity index (χ0n) is 15.1. The Balaban J connectivity index is 1.33. The van der Waals surface area contributed by atoms with Crippen LogP contribution in [-0.4, -0.2) is 59.4 Å². The van der Waals surface area contributed by atoms with Gasteiger partial charge in [0.2, 0.25) is 0 Å². The van der Waals surface area contributed by atoms with Gasteiger partial charge in [-0.1, -0.05) is 18.2 Å². The summed E-state index contributed by atoms with van der Waals surface area (Å²) >= 11 is 0. The van der Waals surface area contributed by atoms with Crippen LogP contribution in [0.4, 0.5) is 11.5 Å². The number of amides is 1. The van der Waals surface area contributed by atoms with Crippen molar-refractivity contribution < 1.29 is 14.3 Å². The van der Waals surface area contributed by atoms with Crippen LogP contribution in [0.3, 0.4) is 0 Å². The zero-order valence-corrected chi connectivity index (χ0v) is 15.1. The Morgan fingerprint density at radius 3 is 2.63 bits per heavy atom. The van der Waals surface area contributed by atoms with Gasteiger partial charge in [0, 0.05) is 44.2 Å². The number of benzene rings is 1. The Hall–Kier alpha value is -2.51. The normalized spacial score (nSPS) is 20.9. The van der Waals surface area contributed by atoms with E-state index in [1.807, 2.05) is 11.0 Å². The lowest BCUT2D eigenvalue weighted by Gasteiger charge is -2.37. The molecule has 5 rings (SSSR count). The highest BCUT2D eigenvalue weighted by Crippen LogP contribution is 2.34. The first-order valence-electron chi connectivity index (χ1n) is 9.49. The van der Waals surface area contributed by atoms with E-state index in [9.17, 15) is 4.79 Å². The third kappa shape index (κ3) is 2.96. The fourth-order valence-electron chi connectivity index (χ4n) is 4.19. The standard InChI is InChI=1S/C20H22N4O3/c25-19(23-9-6-20(7-10-23)26-11-12-27-20)16-13-18(22-14-21-16)24-8-5-15-3-1-2-4-17(15)24/h1-4,13-14H,5-12H2. The van der Waals surface area contributed by atoms with Crippen molar-refractivity contribution in [3.05, 3.63) is 47.9 Å². The number of carbonyl (C=O) groups excluding carboxylic acids is 1. The highest BCUT2D eigenvalue weighted by Gasteiger charge is 2.41. The fourth-order valence-corrected chi connectivity index (χ4v) is 4.19. The Kier molecular flexibility index (Phi) is 4.06. The minimum atomic E-state index is -0.479. The van der Waals surface area contributed by atoms with Crippen LogP contribution in [0.2, 0.25) is 0 Å². The summed E-state index contributed by atoms with van der Waals surface area (Å²) in [4.78, 5) is 25.6. The molecule has 1 aromatic carbocycles. The van der Waals surface area contributed by atoms with Gasteiger partial charge in [0.15, 0.2) is 5.79 Å². The number of para-hydroxylation sites is 1. The van der Waals surface area contributed by atoms with E-state index >= 15 is 0 Å². The Bertz CT molecular complexity index is 856. The number of piperidine rings is 1. The fraction of sp³-hybridized carbons (Fsp3) is 0.450. The van der Waals surface area contributed by atoms with E-state index in [0.29, 0.717) is 44.8 Å². The molecule has 0 radical (unpaired) electrons. The maximum atomic E-state index is 13.0. The van der Waals surface area contributed by atoms with Gasteiger partial charge < -0.3 is 19.3 Å². The van der Waals surface area contributed by atoms with Crippen molar-refractivity contribution in [1.82, 2.24) is 14.9 Å². The van der Waals surface area contributed by atoms with Gasteiger partial charge in [0.25, 0.3) is 5.91 Å². The third-order valence-electron chi connectivity index (χ3n) is 5.66. The molecule has 7 heteroatoms. The first-order valence-corrected chi connectivity index (χ1v) is 9.49. The molecule has 0 unspecified atom stereocenters. The lowest BCUT2D eigenvalue weighted by atomic mass is 10.0. The summed E-state index contributed by atoms with van der Waals surface area (Å²) in [6.07, 6.45) is 3.88. The quantitative estimate of drug-likeness (QED) is 0.811. The number of likely N-dealkylation sites (tertiary alicyclic amines) is 1. The highest BCUT2D eigenvalue weighted by atomic mass is 16.7. The van der Waals surface area contributed by atoms with Gasteiger partial charge in [-0.15, -0.1) is 0 Å². The summed E-state index contributed by atoms with van der Waals surface area (Å²) in [6, 6.07) is 10.1. The molecule has 2 aromatic rings. The molecule has 1 spiro atoms. The SMILES string of the molecule is O=C(c1cc(N2CCc3ccccc32)ncn1)N1CCC2(CC1)OCCO2. The van der Waals surface area contributed by atoms with Gasteiger partial charge in [-0.3, -0.25) is 4.79 Å². The molecular weight excluding hydrogens is 344 g/mol. The number of nitrogens with zero attached hydrogens (tertiary/aromatic N) is 4. The van der Waals surface area contributed by atoms with Crippen molar-refractivity contribution >= 4 is 17.4 Å². The molecule has 0 N–H and O–H groups in total. The summed E-state index contributed by atoms with van der Waals surface area (Å²) in [5.74, 6) is 0.237. The summed E-state index contributed by atoms with van der Waals surface area (Å²) in [7, 11) is 0. The number of hydrogen-bond acceptors (Lipinski definition) is 6. The smallest absolute Gasteiger partial charge is 0.272 e. The highest BCUT2D eigenvalue weighted by molar-refractivity contribution is 5.93. The first kappa shape index (κ1) is 16.6. The van der Waals surface area contributed by atoms with Gasteiger partial charge in [0.1, 0.15) is 17.8 Å². The molecule has 2 fully saturated rings. The molecule has 0 aliphatic carbocycles. The topological polar surface area (TPSA) is 67.8 Å². The Labute approximate surface area is 157 Å². The molecule has 1 amide bonds. The van der Waals surface area contributed by atoms with Crippen LogP contribution in [0.5, 0.6) is 0 Å². The molecule has 0 atom stereocenters. The summed E-state index contributed by atoms with van der Waals surface area (Å²) in [6.45, 7) is 3.38. The van der Waals surface area contributed by atoms with E-state index in [4.69, 9.17) is 9.47 Å². The molecule has 4 heterocycles. The molecule has 0 bridgehead atoms. The van der Waals surface area contributed by atoms with Crippen LogP contribution in [0.1, 0.15) is 28.9 Å². The second-order valence-electron chi connectivity index (χ2n) is 7.19. The van der Waals surface area contributed by atoms with E-state index in [-0.39, 0.29) is 5.91 Å². The van der Waals surface area contributed by atoms with Crippen molar-refractivity contribution in [2.24, 2.45) is 0 Å². The van der Waals surface area contributed by atoms with Crippen LogP contribution >= 0.6 is 0 Å². The number of ether oxygens (including phenoxy) is 2. The number of aromatic nitrogens is 2. The molecule has 1 aromatic heterocycles. The van der Waals surface area contributed by atoms with Crippen LogP contribution in [0.15, 0.2) is 36.7 Å². The monoisotopic (exact) mass is 366 g/mol. The minimum absolute atomic E-state index is 0.0565. The Morgan fingerprint density at radius 1 is 1.04 bits per heavy atom. The van der Waals surface area contributed by atoms with Gasteiger partial charge in [-0.05, 0) is 18.1 Å². The van der Waals surface area contributed by atoms with Crippen LogP contribution in [0, 0.1) is 0 Å². The Morgan fingerprint density at radius 2 is 1.81 bits per heavy atom. The molecule has 0 saturated carbocycles. The number of rotatable bonds is 2. The van der Waals surface area contributed by atoms with Crippen LogP contribution in [0.25, 0.3) is 0 Å². The molecule has 2 saturated heterocycles. The molecule has 7 nitrogen and oxygen atoms in total. The van der Waals surface area contributed by atoms with Gasteiger partial charge in [-0.25, -0.2) is 9.97 Å². The lowest BCUT2D eigenvalue weighted by Crippen LogP contribution is -2.47. The van der Waals surface area contributed by atoms with E-state index in [1.54, 1.807) is 6.07 Å². The second kappa shape index (κ2) is 6.58. The molecule has 140 valence electrons. The van der Waals surface area contributed by atoms with Gasteiger partial charge >= 0.3 is 0 Å². The first-order chi connectivity index (χ1) is 13.2. The number of carbonyl (C=O) groups is 1. The maximum Gasteiger partial charge on any atom is 0.272 e. The average Bonchev–Trinajstić information content (AvgIpc) is 3.35. The van der Waals surface area contributed by atoms with Crippen molar-refractivity contribution in [3.63, 3.8) is 0 Å². The van der Waals surface area contributed by atoms with Crippen molar-refractivity contribution in [3.8, 4) is 0 Å². The number of fused-ring (bicyclic) bond motifs is 1. The summed E-state index contributed by atoms with van der Waals surface area (Å²) < 4.78 is 11.5. The largest absolute Gasteiger partial charge is 0.347 e. The predicted molar refractivity (Wildman–Crippen MR) is 99.0 cm³/mol. The molecular formula is C20H22N4O3. The number of anilines is 2. The average molecular weight is 366 g/mol. The van der Waals surface area contributed by atoms with Crippen LogP contribution < -0.4 is 4.90 Å². The zero-order chi connectivity index (χ0) is 18.3. The number of hydrogen-bond donors (Lipinski definition) is 0. The van der Waals surface area contributed by atoms with E-state index in [0.717, 1.165) is 24.5 Å². The van der Waals surface area contributed by atoms with Crippen molar-refractivity contribution in [2.45, 2.75) is 25.0 Å². The van der Waals surface area contributed by atoms with Gasteiger partial charge in [0.05, 0.1) is 13.2 Å². The van der Waals surface area contributed by atoms with Crippen molar-refractivity contribution in [2.75, 3.05) is 37.7 Å². The summed E-state index contributed by atoms with van der Waals surface area (Å²) in [5.41, 5.74) is 2.90. The third-order valence-corrected chi connectivity index (χ3v) is 5.66. The van der Waals surface area contributed by atoms with Crippen molar-refractivity contribution in [1.29, 1.82) is 0 Å². The predicted octanol–water partition coefficient (Wildman–Crippen LogP) is 2.15. The van der Waals surface area contributed by atoms with E-state index in [1.165, 1.54) is 11.9 Å². The van der Waals surface area contributed by atoms with E-state index in [2.05, 4.69) is 33.1 Å². The molecule has 3 aliphatic heterocycles. The summed E-state index contributed by atoms with van der Waals surface area (Å²) in [5, 5.41) is 0. The van der Waals surface area contributed by atoms with E-state index < -0.39 is 5.79 Å².